The van der Waals surface area contributed by atoms with Crippen molar-refractivity contribution in [2.45, 2.75) is 59.0 Å². The number of rotatable bonds is 13. The standard InChI is InChI=1S/C19H35N3O7P2/c1-13(2)22(14(3)4)30-29-17(15(5)10-12-31(25,27-7)28-8)18(26-6)21-11-9-16(23)20-19(21)24/h9-15,17-18,30H,1-8H3,(H,20,23,24)/b12-10+/t15-,17+,18+/m0/s1. The molecule has 4 atom stereocenters. The first kappa shape index (κ1) is 27.9. The van der Waals surface area contributed by atoms with Gasteiger partial charge in [0.05, 0.1) is 8.96 Å². The van der Waals surface area contributed by atoms with E-state index in [4.69, 9.17) is 18.3 Å². The van der Waals surface area contributed by atoms with Crippen LogP contribution >= 0.6 is 16.6 Å². The second kappa shape index (κ2) is 12.8. The Kier molecular flexibility index (Phi) is 11.5. The van der Waals surface area contributed by atoms with Crippen molar-refractivity contribution in [2.24, 2.45) is 5.92 Å². The van der Waals surface area contributed by atoms with Crippen LogP contribution in [0.15, 0.2) is 33.7 Å². The predicted octanol–water partition coefficient (Wildman–Crippen LogP) is 3.33. The van der Waals surface area contributed by atoms with Gasteiger partial charge < -0.3 is 18.3 Å². The minimum Gasteiger partial charge on any atom is -0.358 e. The third-order valence-electron chi connectivity index (χ3n) is 4.65. The monoisotopic (exact) mass is 479 g/mol. The summed E-state index contributed by atoms with van der Waals surface area (Å²) in [6.45, 7) is 10.1. The molecule has 0 aliphatic rings. The van der Waals surface area contributed by atoms with Gasteiger partial charge in [0, 0.05) is 57.4 Å². The molecule has 10 nitrogen and oxygen atoms in total. The maximum Gasteiger partial charge on any atom is 0.353 e. The topological polar surface area (TPSA) is 112 Å². The summed E-state index contributed by atoms with van der Waals surface area (Å²) in [5.74, 6) is 1.01. The summed E-state index contributed by atoms with van der Waals surface area (Å²) in [5, 5.41) is 0. The third kappa shape index (κ3) is 8.06. The van der Waals surface area contributed by atoms with Gasteiger partial charge in [0.15, 0.2) is 6.23 Å². The van der Waals surface area contributed by atoms with Crippen molar-refractivity contribution in [1.82, 2.24) is 14.2 Å². The molecule has 178 valence electrons. The lowest BCUT2D eigenvalue weighted by atomic mass is 10.0. The van der Waals surface area contributed by atoms with E-state index in [2.05, 4.69) is 37.3 Å². The lowest BCUT2D eigenvalue weighted by Gasteiger charge is -2.35. The first-order valence-electron chi connectivity index (χ1n) is 9.94. The first-order valence-corrected chi connectivity index (χ1v) is 12.4. The van der Waals surface area contributed by atoms with E-state index < -0.39 is 31.2 Å². The molecule has 0 saturated heterocycles. The summed E-state index contributed by atoms with van der Waals surface area (Å²) in [6.07, 6.45) is 1.52. The van der Waals surface area contributed by atoms with E-state index in [0.717, 1.165) is 0 Å². The second-order valence-electron chi connectivity index (χ2n) is 7.52. The second-order valence-corrected chi connectivity index (χ2v) is 10.6. The summed E-state index contributed by atoms with van der Waals surface area (Å²) in [4.78, 5) is 26.1. The van der Waals surface area contributed by atoms with Crippen molar-refractivity contribution in [2.75, 3.05) is 21.3 Å². The SMILES string of the molecule is CO[C@H]([C@H](OPN(C(C)C)C(C)C)[C@@H](C)/C=C/P(=O)(OC)OC)n1ccc(=O)[nH]c1=O. The van der Waals surface area contributed by atoms with Crippen LogP contribution in [0.25, 0.3) is 0 Å². The fourth-order valence-electron chi connectivity index (χ4n) is 2.93. The van der Waals surface area contributed by atoms with Crippen molar-refractivity contribution >= 4 is 16.6 Å². The number of nitrogens with zero attached hydrogens (tertiary/aromatic N) is 2. The minimum absolute atomic E-state index is 0.0155. The highest BCUT2D eigenvalue weighted by Crippen LogP contribution is 2.48. The van der Waals surface area contributed by atoms with E-state index in [1.165, 1.54) is 44.0 Å². The molecule has 0 aliphatic carbocycles. The van der Waals surface area contributed by atoms with Crippen LogP contribution in [0.3, 0.4) is 0 Å². The van der Waals surface area contributed by atoms with Crippen LogP contribution in [0.1, 0.15) is 40.8 Å². The summed E-state index contributed by atoms with van der Waals surface area (Å²) in [7, 11) is 0.669. The number of aromatic amines is 1. The summed E-state index contributed by atoms with van der Waals surface area (Å²) in [6, 6.07) is 1.72. The molecule has 0 spiro atoms. The predicted molar refractivity (Wildman–Crippen MR) is 123 cm³/mol. The van der Waals surface area contributed by atoms with Crippen molar-refractivity contribution in [1.29, 1.82) is 0 Å². The molecular weight excluding hydrogens is 444 g/mol. The Morgan fingerprint density at radius 3 is 2.13 bits per heavy atom. The number of methoxy groups -OCH3 is 1. The summed E-state index contributed by atoms with van der Waals surface area (Å²) in [5.41, 5.74) is -1.12. The Balaban J connectivity index is 3.33. The van der Waals surface area contributed by atoms with E-state index in [0.29, 0.717) is 0 Å². The quantitative estimate of drug-likeness (QED) is 0.429. The van der Waals surface area contributed by atoms with E-state index in [1.54, 1.807) is 6.08 Å². The number of hydrogen-bond donors (Lipinski definition) is 1. The molecule has 0 fully saturated rings. The molecule has 1 N–H and O–H groups in total. The van der Waals surface area contributed by atoms with Gasteiger partial charge in [0.25, 0.3) is 5.56 Å². The molecule has 1 aromatic rings. The van der Waals surface area contributed by atoms with Crippen molar-refractivity contribution in [3.8, 4) is 0 Å². The molecule has 0 amide bonds. The van der Waals surface area contributed by atoms with Crippen molar-refractivity contribution in [3.63, 3.8) is 0 Å². The Hall–Kier alpha value is -1.12. The van der Waals surface area contributed by atoms with Crippen molar-refractivity contribution < 1.29 is 22.9 Å². The third-order valence-corrected chi connectivity index (χ3v) is 7.83. The maximum atomic E-state index is 12.4. The normalized spacial score (nSPS) is 16.2. The summed E-state index contributed by atoms with van der Waals surface area (Å²) < 4.78 is 37.6. The first-order chi connectivity index (χ1) is 14.5. The zero-order valence-corrected chi connectivity index (χ0v) is 21.3. The Morgan fingerprint density at radius 1 is 1.10 bits per heavy atom. The molecule has 12 heteroatoms. The van der Waals surface area contributed by atoms with Gasteiger partial charge in [-0.25, -0.2) is 4.79 Å². The zero-order valence-electron chi connectivity index (χ0n) is 19.4. The van der Waals surface area contributed by atoms with Gasteiger partial charge in [-0.15, -0.1) is 0 Å². The number of nitrogens with one attached hydrogen (secondary N) is 1. The molecule has 31 heavy (non-hydrogen) atoms. The Labute approximate surface area is 185 Å². The summed E-state index contributed by atoms with van der Waals surface area (Å²) >= 11 is 0. The lowest BCUT2D eigenvalue weighted by Crippen LogP contribution is -2.40. The highest BCUT2D eigenvalue weighted by Gasteiger charge is 2.31. The molecule has 1 unspecified atom stereocenters. The fourth-order valence-corrected chi connectivity index (χ4v) is 4.81. The highest BCUT2D eigenvalue weighted by atomic mass is 31.2. The fraction of sp³-hybridized carbons (Fsp3) is 0.684. The van der Waals surface area contributed by atoms with E-state index in [1.807, 2.05) is 6.92 Å². The van der Waals surface area contributed by atoms with Crippen LogP contribution in [0.5, 0.6) is 0 Å². The van der Waals surface area contributed by atoms with Gasteiger partial charge >= 0.3 is 13.3 Å². The van der Waals surface area contributed by atoms with Crippen LogP contribution in [-0.2, 0) is 22.9 Å². The highest BCUT2D eigenvalue weighted by molar-refractivity contribution is 7.57. The largest absolute Gasteiger partial charge is 0.358 e. The van der Waals surface area contributed by atoms with Gasteiger partial charge in [-0.1, -0.05) is 13.0 Å². The van der Waals surface area contributed by atoms with Crippen LogP contribution in [0.4, 0.5) is 0 Å². The maximum absolute atomic E-state index is 12.4. The van der Waals surface area contributed by atoms with Crippen LogP contribution in [0.2, 0.25) is 0 Å². The van der Waals surface area contributed by atoms with Crippen LogP contribution in [0, 0.1) is 5.92 Å². The number of hydrogen-bond acceptors (Lipinski definition) is 8. The van der Waals surface area contributed by atoms with E-state index >= 15 is 0 Å². The van der Waals surface area contributed by atoms with Gasteiger partial charge in [-0.3, -0.25) is 23.6 Å². The molecule has 0 aliphatic heterocycles. The molecule has 0 radical (unpaired) electrons. The minimum atomic E-state index is -3.37. The molecule has 0 saturated carbocycles. The zero-order chi connectivity index (χ0) is 23.8. The number of aromatic nitrogens is 2. The number of ether oxygens (including phenoxy) is 1. The van der Waals surface area contributed by atoms with Gasteiger partial charge in [0.2, 0.25) is 0 Å². The van der Waals surface area contributed by atoms with E-state index in [9.17, 15) is 14.2 Å². The van der Waals surface area contributed by atoms with Crippen LogP contribution in [-0.4, -0.2) is 53.7 Å². The average Bonchev–Trinajstić information content (AvgIpc) is 2.71. The molecule has 0 bridgehead atoms. The Bertz CT molecular complexity index is 853. The molecule has 1 aromatic heterocycles. The number of H-pyrrole nitrogens is 1. The van der Waals surface area contributed by atoms with Gasteiger partial charge in [0.1, 0.15) is 6.10 Å². The average molecular weight is 479 g/mol. The lowest BCUT2D eigenvalue weighted by molar-refractivity contribution is -0.0597. The van der Waals surface area contributed by atoms with Gasteiger partial charge in [-0.2, -0.15) is 0 Å². The Morgan fingerprint density at radius 2 is 1.68 bits per heavy atom. The van der Waals surface area contributed by atoms with Crippen LogP contribution < -0.4 is 11.2 Å². The molecule has 1 heterocycles. The molecular formula is C19H35N3O7P2. The smallest absolute Gasteiger partial charge is 0.353 e. The molecule has 1 rings (SSSR count). The van der Waals surface area contributed by atoms with E-state index in [-0.39, 0.29) is 27.0 Å². The van der Waals surface area contributed by atoms with Gasteiger partial charge in [-0.05, 0) is 27.7 Å². The molecule has 0 aromatic carbocycles. The van der Waals surface area contributed by atoms with Crippen molar-refractivity contribution in [3.05, 3.63) is 45.0 Å².